The van der Waals surface area contributed by atoms with Crippen LogP contribution in [0.25, 0.3) is 0 Å². The van der Waals surface area contributed by atoms with Gasteiger partial charge in [-0.05, 0) is 0 Å². The lowest BCUT2D eigenvalue weighted by atomic mass is 9.72. The lowest BCUT2D eigenvalue weighted by Crippen LogP contribution is -3.00. The molecule has 14 heteroatoms. The molecule has 0 atom stereocenters. The molecule has 0 aromatic heterocycles. The first-order chi connectivity index (χ1) is 8.44. The minimum atomic E-state index is -7.39. The zero-order chi connectivity index (χ0) is 16.6. The monoisotopic (exact) mass is 405 g/mol. The molecular weight excluding hydrogens is 405 g/mol. The van der Waals surface area contributed by atoms with Crippen molar-refractivity contribution in [3.63, 3.8) is 0 Å². The molecule has 0 bridgehead atoms. The summed E-state index contributed by atoms with van der Waals surface area (Å²) in [5.74, 6) is -40.9. The predicted octanol–water partition coefficient (Wildman–Crippen LogP) is -0.0266. The number of hydrogen-bond donors (Lipinski definition) is 1. The summed E-state index contributed by atoms with van der Waals surface area (Å²) >= 11 is 0. The molecule has 0 saturated heterocycles. The zero-order valence-corrected chi connectivity index (χ0v) is 10.5. The summed E-state index contributed by atoms with van der Waals surface area (Å²) in [5, 5.41) is 7.86. The second-order valence-corrected chi connectivity index (χ2v) is 3.84. The Hall–Kier alpha value is -0.820. The third-order valence-corrected chi connectivity index (χ3v) is 2.74. The second kappa shape index (κ2) is 4.35. The van der Waals surface area contributed by atoms with Crippen LogP contribution in [0.15, 0.2) is 0 Å². The Morgan fingerprint density at radius 2 is 0.762 bits per heavy atom. The Labute approximate surface area is 117 Å². The average Bonchev–Trinajstić information content (AvgIpc) is 2.24. The number of carboxylic acid groups (broad SMARTS) is 1. The van der Waals surface area contributed by atoms with Crippen molar-refractivity contribution >= 4 is 5.97 Å². The lowest BCUT2D eigenvalue weighted by molar-refractivity contribution is -0.477. The summed E-state index contributed by atoms with van der Waals surface area (Å²) in [4.78, 5) is 10.0. The van der Waals surface area contributed by atoms with Crippen LogP contribution >= 0.6 is 0 Å². The van der Waals surface area contributed by atoms with E-state index in [4.69, 9.17) is 5.11 Å². The first kappa shape index (κ1) is 20.2. The minimum Gasteiger partial charge on any atom is -1.00 e. The Bertz CT molecular complexity index is 429. The van der Waals surface area contributed by atoms with Crippen molar-refractivity contribution in [2.45, 2.75) is 35.3 Å². The van der Waals surface area contributed by atoms with Crippen LogP contribution < -0.4 is 17.0 Å². The van der Waals surface area contributed by atoms with E-state index < -0.39 is 41.3 Å². The van der Waals surface area contributed by atoms with Crippen LogP contribution in [0.4, 0.5) is 48.3 Å². The molecule has 0 heterocycles. The number of rotatable bonds is 1. The van der Waals surface area contributed by atoms with E-state index in [0.717, 1.165) is 0 Å². The molecule has 0 aliphatic heterocycles. The summed E-state index contributed by atoms with van der Waals surface area (Å²) in [6.45, 7) is 0. The van der Waals surface area contributed by atoms with E-state index in [1.807, 2.05) is 0 Å². The fourth-order valence-corrected chi connectivity index (χ4v) is 1.49. The Balaban J connectivity index is 0.00000400. The molecule has 126 valence electrons. The molecule has 0 aromatic carbocycles. The normalized spacial score (nSPS) is 30.0. The topological polar surface area (TPSA) is 37.3 Å². The summed E-state index contributed by atoms with van der Waals surface area (Å²) in [5.41, 5.74) is -6.94. The van der Waals surface area contributed by atoms with Gasteiger partial charge in [0.2, 0.25) is 0 Å². The van der Waals surface area contributed by atoms with Gasteiger partial charge < -0.3 is 22.1 Å². The van der Waals surface area contributed by atoms with E-state index in [0.29, 0.717) is 0 Å². The van der Waals surface area contributed by atoms with Gasteiger partial charge in [-0.1, -0.05) is 0 Å². The summed E-state index contributed by atoms with van der Waals surface area (Å²) < 4.78 is 140. The third kappa shape index (κ3) is 1.62. The van der Waals surface area contributed by atoms with Gasteiger partial charge in [0.05, 0.1) is 0 Å². The standard InChI is InChI=1S/C7HF11O2.BrH/c8-2(1(19)20)3(9,10)5(13,14)7(17,18)6(15,16)4(2,11)12;/h(H,19,20);1H/p-1. The van der Waals surface area contributed by atoms with Crippen molar-refractivity contribution in [3.05, 3.63) is 0 Å². The third-order valence-electron chi connectivity index (χ3n) is 2.74. The average molecular weight is 406 g/mol. The second-order valence-electron chi connectivity index (χ2n) is 3.84. The molecule has 1 aliphatic rings. The van der Waals surface area contributed by atoms with E-state index in [1.54, 1.807) is 0 Å². The Morgan fingerprint density at radius 3 is 0.952 bits per heavy atom. The van der Waals surface area contributed by atoms with Crippen LogP contribution in [0.3, 0.4) is 0 Å². The highest BCUT2D eigenvalue weighted by atomic mass is 79.9. The van der Waals surface area contributed by atoms with Gasteiger partial charge in [-0.25, -0.2) is 9.18 Å². The summed E-state index contributed by atoms with van der Waals surface area (Å²) in [6.07, 6.45) is 0. The maximum Gasteiger partial charge on any atom is 0.384 e. The molecule has 2 nitrogen and oxygen atoms in total. The molecule has 1 saturated carbocycles. The summed E-state index contributed by atoms with van der Waals surface area (Å²) in [7, 11) is 0. The number of hydrogen-bond acceptors (Lipinski definition) is 1. The first-order valence-corrected chi connectivity index (χ1v) is 4.26. The number of carbonyl (C=O) groups is 1. The molecule has 1 rings (SSSR count). The maximum atomic E-state index is 13.2. The first-order valence-electron chi connectivity index (χ1n) is 4.26. The lowest BCUT2D eigenvalue weighted by Gasteiger charge is -2.50. The highest BCUT2D eigenvalue weighted by molar-refractivity contribution is 5.82. The molecule has 0 aromatic rings. The van der Waals surface area contributed by atoms with E-state index >= 15 is 0 Å². The van der Waals surface area contributed by atoms with Crippen molar-refractivity contribution in [2.75, 3.05) is 0 Å². The number of aliphatic carboxylic acids is 1. The molecule has 0 unspecified atom stereocenters. The van der Waals surface area contributed by atoms with Gasteiger partial charge in [0.25, 0.3) is 0 Å². The van der Waals surface area contributed by atoms with Gasteiger partial charge in [-0.2, -0.15) is 43.9 Å². The fraction of sp³-hybridized carbons (Fsp3) is 0.857. The van der Waals surface area contributed by atoms with Crippen molar-refractivity contribution in [3.8, 4) is 0 Å². The molecule has 1 aliphatic carbocycles. The van der Waals surface area contributed by atoms with E-state index in [9.17, 15) is 53.1 Å². The maximum absolute atomic E-state index is 13.2. The van der Waals surface area contributed by atoms with Crippen molar-refractivity contribution in [1.82, 2.24) is 0 Å². The van der Waals surface area contributed by atoms with Gasteiger partial charge >= 0.3 is 41.3 Å². The molecule has 1 N–H and O–H groups in total. The van der Waals surface area contributed by atoms with Crippen LogP contribution in [0.1, 0.15) is 0 Å². The van der Waals surface area contributed by atoms with Crippen LogP contribution in [-0.4, -0.2) is 46.4 Å². The van der Waals surface area contributed by atoms with Crippen molar-refractivity contribution in [2.24, 2.45) is 0 Å². The molecular formula is C7HBrF11O2-. The van der Waals surface area contributed by atoms with Crippen LogP contribution in [0, 0.1) is 0 Å². The van der Waals surface area contributed by atoms with Crippen LogP contribution in [-0.2, 0) is 4.79 Å². The van der Waals surface area contributed by atoms with Gasteiger partial charge in [0.15, 0.2) is 0 Å². The van der Waals surface area contributed by atoms with Gasteiger partial charge in [0.1, 0.15) is 0 Å². The van der Waals surface area contributed by atoms with Crippen molar-refractivity contribution in [1.29, 1.82) is 0 Å². The highest BCUT2D eigenvalue weighted by Crippen LogP contribution is 2.69. The molecule has 0 spiro atoms. The van der Waals surface area contributed by atoms with E-state index in [-0.39, 0.29) is 17.0 Å². The Kier molecular flexibility index (Phi) is 4.18. The largest absolute Gasteiger partial charge is 1.00 e. The van der Waals surface area contributed by atoms with Gasteiger partial charge in [-0.3, -0.25) is 0 Å². The summed E-state index contributed by atoms with van der Waals surface area (Å²) in [6, 6.07) is 0. The predicted molar refractivity (Wildman–Crippen MR) is 36.2 cm³/mol. The van der Waals surface area contributed by atoms with Crippen molar-refractivity contribution < 1.29 is 75.2 Å². The zero-order valence-electron chi connectivity index (χ0n) is 8.89. The SMILES string of the molecule is O=C(O)C1(F)C(F)(F)C(F)(F)C(F)(F)C(F)(F)C1(F)F.[Br-]. The minimum absolute atomic E-state index is 0. The van der Waals surface area contributed by atoms with Gasteiger partial charge in [-0.15, -0.1) is 0 Å². The smallest absolute Gasteiger partial charge is 0.384 e. The van der Waals surface area contributed by atoms with Crippen LogP contribution in [0.2, 0.25) is 0 Å². The number of carboxylic acids is 1. The number of alkyl halides is 11. The quantitative estimate of drug-likeness (QED) is 0.622. The molecule has 1 fully saturated rings. The number of halogens is 12. The molecule has 0 amide bonds. The highest BCUT2D eigenvalue weighted by Gasteiger charge is 3.03. The van der Waals surface area contributed by atoms with E-state index in [2.05, 4.69) is 0 Å². The fourth-order valence-electron chi connectivity index (χ4n) is 1.49. The van der Waals surface area contributed by atoms with E-state index in [1.165, 1.54) is 0 Å². The Morgan fingerprint density at radius 1 is 0.571 bits per heavy atom. The van der Waals surface area contributed by atoms with Crippen LogP contribution in [0.5, 0.6) is 0 Å². The molecule has 21 heavy (non-hydrogen) atoms. The van der Waals surface area contributed by atoms with Gasteiger partial charge in [0, 0.05) is 0 Å². The molecule has 0 radical (unpaired) electrons.